The summed E-state index contributed by atoms with van der Waals surface area (Å²) in [6, 6.07) is 5.57. The number of rotatable bonds is 1. The number of Topliss-reactive ketones (excluding diaryl/α,β-unsaturated/α-hetero) is 1. The van der Waals surface area contributed by atoms with Crippen molar-refractivity contribution in [3.05, 3.63) is 35.2 Å². The fourth-order valence-corrected chi connectivity index (χ4v) is 2.33. The van der Waals surface area contributed by atoms with Crippen molar-refractivity contribution in [2.75, 3.05) is 0 Å². The third-order valence-corrected chi connectivity index (χ3v) is 3.30. The molecule has 0 radical (unpaired) electrons. The van der Waals surface area contributed by atoms with E-state index in [0.717, 1.165) is 35.3 Å². The van der Waals surface area contributed by atoms with Crippen molar-refractivity contribution in [1.29, 1.82) is 0 Å². The van der Waals surface area contributed by atoms with E-state index in [4.69, 9.17) is 0 Å². The molecule has 1 aliphatic rings. The van der Waals surface area contributed by atoms with Crippen LogP contribution in [0.4, 0.5) is 0 Å². The van der Waals surface area contributed by atoms with E-state index in [9.17, 15) is 4.79 Å². The van der Waals surface area contributed by atoms with E-state index in [-0.39, 0.29) is 5.78 Å². The predicted octanol–water partition coefficient (Wildman–Crippen LogP) is 2.71. The number of benzene rings is 1. The van der Waals surface area contributed by atoms with Crippen LogP contribution < -0.4 is 0 Å². The maximum Gasteiger partial charge on any atom is 0.159 e. The number of carbonyl (C=O) groups excluding carboxylic acids is 1. The van der Waals surface area contributed by atoms with Crippen molar-refractivity contribution < 1.29 is 4.79 Å². The second-order valence-electron chi connectivity index (χ2n) is 4.58. The Labute approximate surface area is 99.9 Å². The highest BCUT2D eigenvalue weighted by Crippen LogP contribution is 2.21. The minimum absolute atomic E-state index is 0.0754. The first-order valence-electron chi connectivity index (χ1n) is 6.04. The highest BCUT2D eigenvalue weighted by Gasteiger charge is 2.13. The Balaban J connectivity index is 2.20. The molecule has 0 aliphatic heterocycles. The maximum absolute atomic E-state index is 11.3. The quantitative estimate of drug-likeness (QED) is 0.702. The van der Waals surface area contributed by atoms with Crippen LogP contribution in [0.5, 0.6) is 0 Å². The SMILES string of the molecule is CC(=O)c1ccc2nc3c(nc2c1)CCCC3. The number of hydrogen-bond donors (Lipinski definition) is 0. The number of fused-ring (bicyclic) bond motifs is 2. The zero-order chi connectivity index (χ0) is 11.8. The Morgan fingerprint density at radius 2 is 1.71 bits per heavy atom. The lowest BCUT2D eigenvalue weighted by Crippen LogP contribution is -2.08. The first-order chi connectivity index (χ1) is 8.24. The number of nitrogens with zero attached hydrogens (tertiary/aromatic N) is 2. The number of ketones is 1. The Bertz CT molecular complexity index is 604. The van der Waals surface area contributed by atoms with Crippen molar-refractivity contribution in [2.45, 2.75) is 32.6 Å². The molecule has 1 aromatic carbocycles. The van der Waals surface area contributed by atoms with Gasteiger partial charge >= 0.3 is 0 Å². The lowest BCUT2D eigenvalue weighted by atomic mass is 10.00. The van der Waals surface area contributed by atoms with Gasteiger partial charge in [-0.25, -0.2) is 9.97 Å². The Kier molecular flexibility index (Phi) is 2.39. The van der Waals surface area contributed by atoms with Gasteiger partial charge in [-0.1, -0.05) is 0 Å². The molecule has 3 heteroatoms. The molecule has 1 aliphatic carbocycles. The zero-order valence-electron chi connectivity index (χ0n) is 9.86. The van der Waals surface area contributed by atoms with Crippen LogP contribution in [0.3, 0.4) is 0 Å². The van der Waals surface area contributed by atoms with E-state index in [2.05, 4.69) is 9.97 Å². The molecular weight excluding hydrogens is 212 g/mol. The molecule has 3 rings (SSSR count). The molecule has 17 heavy (non-hydrogen) atoms. The van der Waals surface area contributed by atoms with Gasteiger partial charge in [0, 0.05) is 5.56 Å². The summed E-state index contributed by atoms with van der Waals surface area (Å²) in [5.41, 5.74) is 4.71. The first-order valence-corrected chi connectivity index (χ1v) is 6.04. The number of carbonyl (C=O) groups is 1. The third kappa shape index (κ3) is 1.82. The van der Waals surface area contributed by atoms with Gasteiger partial charge in [0.1, 0.15) is 0 Å². The van der Waals surface area contributed by atoms with Gasteiger partial charge in [0.2, 0.25) is 0 Å². The van der Waals surface area contributed by atoms with E-state index in [1.165, 1.54) is 12.8 Å². The molecule has 3 nitrogen and oxygen atoms in total. The normalized spacial score (nSPS) is 14.6. The van der Waals surface area contributed by atoms with Crippen LogP contribution in [0.25, 0.3) is 11.0 Å². The summed E-state index contributed by atoms with van der Waals surface area (Å²) in [7, 11) is 0. The van der Waals surface area contributed by atoms with Crippen molar-refractivity contribution in [2.24, 2.45) is 0 Å². The molecular formula is C14H14N2O. The zero-order valence-corrected chi connectivity index (χ0v) is 9.86. The topological polar surface area (TPSA) is 42.9 Å². The molecule has 0 fully saturated rings. The maximum atomic E-state index is 11.3. The number of aryl methyl sites for hydroxylation is 2. The Morgan fingerprint density at radius 3 is 2.35 bits per heavy atom. The number of aromatic nitrogens is 2. The largest absolute Gasteiger partial charge is 0.295 e. The van der Waals surface area contributed by atoms with Gasteiger partial charge in [0.05, 0.1) is 22.4 Å². The van der Waals surface area contributed by atoms with Gasteiger partial charge in [-0.05, 0) is 50.8 Å². The van der Waals surface area contributed by atoms with Crippen molar-refractivity contribution >= 4 is 16.8 Å². The molecule has 0 amide bonds. The lowest BCUT2D eigenvalue weighted by Gasteiger charge is -2.14. The van der Waals surface area contributed by atoms with E-state index < -0.39 is 0 Å². The predicted molar refractivity (Wildman–Crippen MR) is 66.2 cm³/mol. The van der Waals surface area contributed by atoms with E-state index in [0.29, 0.717) is 5.56 Å². The molecule has 0 N–H and O–H groups in total. The van der Waals surface area contributed by atoms with Crippen LogP contribution >= 0.6 is 0 Å². The van der Waals surface area contributed by atoms with Gasteiger partial charge in [0.25, 0.3) is 0 Å². The molecule has 1 heterocycles. The standard InChI is InChI=1S/C14H14N2O/c1-9(17)10-6-7-13-14(8-10)16-12-5-3-2-4-11(12)15-13/h6-8H,2-5H2,1H3. The molecule has 0 spiro atoms. The smallest absolute Gasteiger partial charge is 0.159 e. The summed E-state index contributed by atoms with van der Waals surface area (Å²) in [6.45, 7) is 1.58. The fraction of sp³-hybridized carbons (Fsp3) is 0.357. The van der Waals surface area contributed by atoms with Crippen LogP contribution in [0.15, 0.2) is 18.2 Å². The van der Waals surface area contributed by atoms with Crippen molar-refractivity contribution in [1.82, 2.24) is 9.97 Å². The van der Waals surface area contributed by atoms with E-state index in [1.54, 1.807) is 6.92 Å². The Hall–Kier alpha value is -1.77. The average Bonchev–Trinajstić information content (AvgIpc) is 2.35. The van der Waals surface area contributed by atoms with Crippen LogP contribution in [0, 0.1) is 0 Å². The van der Waals surface area contributed by atoms with Crippen LogP contribution in [-0.2, 0) is 12.8 Å². The van der Waals surface area contributed by atoms with Gasteiger partial charge in [-0.15, -0.1) is 0 Å². The minimum Gasteiger partial charge on any atom is -0.295 e. The molecule has 0 bridgehead atoms. The van der Waals surface area contributed by atoms with Gasteiger partial charge in [0.15, 0.2) is 5.78 Å². The molecule has 0 atom stereocenters. The van der Waals surface area contributed by atoms with Gasteiger partial charge in [-0.2, -0.15) is 0 Å². The average molecular weight is 226 g/mol. The molecule has 0 saturated heterocycles. The van der Waals surface area contributed by atoms with Crippen LogP contribution in [0.1, 0.15) is 41.5 Å². The molecule has 86 valence electrons. The molecule has 2 aromatic rings. The molecule has 0 saturated carbocycles. The highest BCUT2D eigenvalue weighted by atomic mass is 16.1. The molecule has 0 unspecified atom stereocenters. The van der Waals surface area contributed by atoms with Gasteiger partial charge < -0.3 is 0 Å². The van der Waals surface area contributed by atoms with E-state index in [1.807, 2.05) is 18.2 Å². The van der Waals surface area contributed by atoms with Gasteiger partial charge in [-0.3, -0.25) is 4.79 Å². The summed E-state index contributed by atoms with van der Waals surface area (Å²) >= 11 is 0. The fourth-order valence-electron chi connectivity index (χ4n) is 2.33. The summed E-state index contributed by atoms with van der Waals surface area (Å²) in [6.07, 6.45) is 4.45. The van der Waals surface area contributed by atoms with Crippen molar-refractivity contribution in [3.8, 4) is 0 Å². The minimum atomic E-state index is 0.0754. The number of hydrogen-bond acceptors (Lipinski definition) is 3. The summed E-state index contributed by atoms with van der Waals surface area (Å²) in [5, 5.41) is 0. The highest BCUT2D eigenvalue weighted by molar-refractivity contribution is 5.97. The summed E-state index contributed by atoms with van der Waals surface area (Å²) < 4.78 is 0. The monoisotopic (exact) mass is 226 g/mol. The van der Waals surface area contributed by atoms with E-state index >= 15 is 0 Å². The summed E-state index contributed by atoms with van der Waals surface area (Å²) in [4.78, 5) is 20.6. The summed E-state index contributed by atoms with van der Waals surface area (Å²) in [5.74, 6) is 0.0754. The van der Waals surface area contributed by atoms with Crippen LogP contribution in [0.2, 0.25) is 0 Å². The second-order valence-corrected chi connectivity index (χ2v) is 4.58. The van der Waals surface area contributed by atoms with Crippen LogP contribution in [-0.4, -0.2) is 15.8 Å². The van der Waals surface area contributed by atoms with Crippen molar-refractivity contribution in [3.63, 3.8) is 0 Å². The Morgan fingerprint density at radius 1 is 1.06 bits per heavy atom. The second kappa shape index (κ2) is 3.91. The third-order valence-electron chi connectivity index (χ3n) is 3.30. The lowest BCUT2D eigenvalue weighted by molar-refractivity contribution is 0.101. The first kappa shape index (κ1) is 10.4. The molecule has 1 aromatic heterocycles.